The van der Waals surface area contributed by atoms with Crippen molar-refractivity contribution in [2.24, 2.45) is 0 Å². The summed E-state index contributed by atoms with van der Waals surface area (Å²) in [5.41, 5.74) is 0. The third-order valence-electron chi connectivity index (χ3n) is 1.45. The summed E-state index contributed by atoms with van der Waals surface area (Å²) in [5, 5.41) is 21.5. The van der Waals surface area contributed by atoms with Gasteiger partial charge in [0.05, 0.1) is 6.67 Å². The molecule has 0 unspecified atom stereocenters. The molecule has 74 valence electrons. The van der Waals surface area contributed by atoms with Crippen molar-refractivity contribution in [3.63, 3.8) is 0 Å². The van der Waals surface area contributed by atoms with Gasteiger partial charge in [-0.3, -0.25) is 0 Å². The largest absolute Gasteiger partial charge is 0.631 e. The molecule has 13 heavy (non-hydrogen) atoms. The molecule has 0 saturated carbocycles. The second kappa shape index (κ2) is 6.53. The Morgan fingerprint density at radius 1 is 1.46 bits per heavy atom. The minimum absolute atomic E-state index is 0.958. The Bertz CT molecular complexity index is 172. The Balaban J connectivity index is 0.000000310. The minimum atomic E-state index is -2.17. The van der Waals surface area contributed by atoms with Crippen molar-refractivity contribution in [2.75, 3.05) is 13.2 Å². The molecule has 0 spiro atoms. The lowest BCUT2D eigenvalue weighted by molar-refractivity contribution is 0.278. The Hall–Kier alpha value is -0.975. The van der Waals surface area contributed by atoms with Crippen LogP contribution in [0.15, 0.2) is 25.2 Å². The van der Waals surface area contributed by atoms with E-state index in [2.05, 4.69) is 24.6 Å². The first-order valence-electron chi connectivity index (χ1n) is 3.95. The highest BCUT2D eigenvalue weighted by Crippen LogP contribution is 2.04. The SMILES string of the molecule is C=CN1C=CN(CC)C1.OB(O)O. The van der Waals surface area contributed by atoms with E-state index in [9.17, 15) is 0 Å². The molecule has 0 radical (unpaired) electrons. The molecule has 5 nitrogen and oxygen atoms in total. The molecule has 0 amide bonds. The zero-order valence-corrected chi connectivity index (χ0v) is 7.67. The molecule has 0 aliphatic carbocycles. The minimum Gasteiger partial charge on any atom is -0.402 e. The summed E-state index contributed by atoms with van der Waals surface area (Å²) < 4.78 is 0. The van der Waals surface area contributed by atoms with E-state index in [0.29, 0.717) is 0 Å². The summed E-state index contributed by atoms with van der Waals surface area (Å²) in [5.74, 6) is 0. The van der Waals surface area contributed by atoms with Gasteiger partial charge in [-0.25, -0.2) is 0 Å². The zero-order chi connectivity index (χ0) is 10.3. The molecule has 0 atom stereocenters. The molecule has 3 N–H and O–H groups in total. The molecule has 6 heteroatoms. The van der Waals surface area contributed by atoms with Gasteiger partial charge in [0.25, 0.3) is 0 Å². The fourth-order valence-electron chi connectivity index (χ4n) is 0.808. The van der Waals surface area contributed by atoms with Crippen LogP contribution in [0.3, 0.4) is 0 Å². The van der Waals surface area contributed by atoms with Crippen LogP contribution in [-0.2, 0) is 0 Å². The third-order valence-corrected chi connectivity index (χ3v) is 1.45. The zero-order valence-electron chi connectivity index (χ0n) is 7.67. The van der Waals surface area contributed by atoms with Gasteiger partial charge < -0.3 is 24.9 Å². The highest BCUT2D eigenvalue weighted by molar-refractivity contribution is 6.30. The molecule has 0 saturated heterocycles. The molecule has 1 heterocycles. The van der Waals surface area contributed by atoms with Gasteiger partial charge in [-0.1, -0.05) is 6.58 Å². The summed E-state index contributed by atoms with van der Waals surface area (Å²) in [4.78, 5) is 4.26. The highest BCUT2D eigenvalue weighted by atomic mass is 16.5. The van der Waals surface area contributed by atoms with E-state index in [-0.39, 0.29) is 0 Å². The van der Waals surface area contributed by atoms with E-state index in [0.717, 1.165) is 13.2 Å². The van der Waals surface area contributed by atoms with Crippen LogP contribution in [0.5, 0.6) is 0 Å². The standard InChI is InChI=1S/C7H12N2.BH3O3/c1-3-8-5-6-9(4-2)7-8;2-1(3)4/h3,5-6H,1,4,7H2,2H3;2-4H. The van der Waals surface area contributed by atoms with Crippen molar-refractivity contribution >= 4 is 7.32 Å². The predicted octanol–water partition coefficient (Wildman–Crippen LogP) is -0.856. The van der Waals surface area contributed by atoms with Crippen LogP contribution in [0.2, 0.25) is 0 Å². The molecule has 0 aromatic carbocycles. The summed E-state index contributed by atoms with van der Waals surface area (Å²) in [6.45, 7) is 7.82. The lowest BCUT2D eigenvalue weighted by Crippen LogP contribution is -2.20. The lowest BCUT2D eigenvalue weighted by Gasteiger charge is -2.15. The number of nitrogens with zero attached hydrogens (tertiary/aromatic N) is 2. The highest BCUT2D eigenvalue weighted by Gasteiger charge is 2.05. The number of hydrogen-bond donors (Lipinski definition) is 3. The van der Waals surface area contributed by atoms with E-state index in [4.69, 9.17) is 15.1 Å². The van der Waals surface area contributed by atoms with Crippen molar-refractivity contribution in [2.45, 2.75) is 6.92 Å². The summed E-state index contributed by atoms with van der Waals surface area (Å²) in [7, 11) is -2.17. The second-order valence-corrected chi connectivity index (χ2v) is 2.39. The Kier molecular flexibility index (Phi) is 6.04. The van der Waals surface area contributed by atoms with Gasteiger partial charge in [-0.15, -0.1) is 0 Å². The summed E-state index contributed by atoms with van der Waals surface area (Å²) in [6.07, 6.45) is 5.92. The van der Waals surface area contributed by atoms with Crippen molar-refractivity contribution in [3.05, 3.63) is 25.2 Å². The molecule has 1 rings (SSSR count). The Morgan fingerprint density at radius 2 is 2.00 bits per heavy atom. The van der Waals surface area contributed by atoms with Crippen molar-refractivity contribution in [1.29, 1.82) is 0 Å². The second-order valence-electron chi connectivity index (χ2n) is 2.39. The van der Waals surface area contributed by atoms with Crippen LogP contribution in [0, 0.1) is 0 Å². The maximum Gasteiger partial charge on any atom is 0.631 e. The van der Waals surface area contributed by atoms with E-state index in [1.807, 2.05) is 17.3 Å². The maximum absolute atomic E-state index is 7.17. The normalized spacial score (nSPS) is 13.8. The van der Waals surface area contributed by atoms with E-state index >= 15 is 0 Å². The molecule has 0 fully saturated rings. The smallest absolute Gasteiger partial charge is 0.402 e. The summed E-state index contributed by atoms with van der Waals surface area (Å²) >= 11 is 0. The van der Waals surface area contributed by atoms with E-state index in [1.165, 1.54) is 0 Å². The van der Waals surface area contributed by atoms with Gasteiger partial charge in [0.1, 0.15) is 0 Å². The van der Waals surface area contributed by atoms with Crippen LogP contribution in [-0.4, -0.2) is 45.4 Å². The molecule has 0 bridgehead atoms. The Morgan fingerprint density at radius 3 is 2.23 bits per heavy atom. The summed E-state index contributed by atoms with van der Waals surface area (Å²) in [6, 6.07) is 0. The van der Waals surface area contributed by atoms with Gasteiger partial charge >= 0.3 is 7.32 Å². The van der Waals surface area contributed by atoms with Gasteiger partial charge in [0.15, 0.2) is 0 Å². The van der Waals surface area contributed by atoms with Crippen LogP contribution in [0.25, 0.3) is 0 Å². The number of hydrogen-bond acceptors (Lipinski definition) is 5. The van der Waals surface area contributed by atoms with Gasteiger partial charge in [0.2, 0.25) is 0 Å². The average molecular weight is 186 g/mol. The van der Waals surface area contributed by atoms with Crippen LogP contribution >= 0.6 is 0 Å². The monoisotopic (exact) mass is 186 g/mol. The molecule has 1 aliphatic heterocycles. The Labute approximate surface area is 78.4 Å². The predicted molar refractivity (Wildman–Crippen MR) is 50.8 cm³/mol. The van der Waals surface area contributed by atoms with Crippen LogP contribution in [0.1, 0.15) is 6.92 Å². The van der Waals surface area contributed by atoms with Gasteiger partial charge in [-0.05, 0) is 13.1 Å². The molecule has 1 aliphatic rings. The quantitative estimate of drug-likeness (QED) is 0.490. The first kappa shape index (κ1) is 12.0. The lowest BCUT2D eigenvalue weighted by atomic mass is 10.3. The first-order valence-corrected chi connectivity index (χ1v) is 3.95. The van der Waals surface area contributed by atoms with E-state index < -0.39 is 7.32 Å². The van der Waals surface area contributed by atoms with Gasteiger partial charge in [-0.2, -0.15) is 0 Å². The fourth-order valence-corrected chi connectivity index (χ4v) is 0.808. The first-order chi connectivity index (χ1) is 6.10. The molecular formula is C7H15BN2O3. The van der Waals surface area contributed by atoms with Crippen LogP contribution in [0.4, 0.5) is 0 Å². The maximum atomic E-state index is 7.17. The van der Waals surface area contributed by atoms with Crippen LogP contribution < -0.4 is 0 Å². The fraction of sp³-hybridized carbons (Fsp3) is 0.429. The van der Waals surface area contributed by atoms with Gasteiger partial charge in [0, 0.05) is 18.9 Å². The molecule has 0 aromatic rings. The molecular weight excluding hydrogens is 171 g/mol. The molecule has 0 aromatic heterocycles. The topological polar surface area (TPSA) is 67.2 Å². The van der Waals surface area contributed by atoms with Crippen molar-refractivity contribution < 1.29 is 15.1 Å². The third kappa shape index (κ3) is 6.21. The van der Waals surface area contributed by atoms with Crippen molar-refractivity contribution in [1.82, 2.24) is 9.80 Å². The number of rotatable bonds is 2. The van der Waals surface area contributed by atoms with E-state index in [1.54, 1.807) is 0 Å². The van der Waals surface area contributed by atoms with Crippen molar-refractivity contribution in [3.8, 4) is 0 Å². The average Bonchev–Trinajstić information content (AvgIpc) is 2.50.